The summed E-state index contributed by atoms with van der Waals surface area (Å²) in [6.07, 6.45) is -4.49. The molecule has 0 aliphatic carbocycles. The van der Waals surface area contributed by atoms with Crippen molar-refractivity contribution in [1.29, 1.82) is 0 Å². The molecule has 0 saturated carbocycles. The molecule has 0 N–H and O–H groups in total. The van der Waals surface area contributed by atoms with E-state index < -0.39 is 11.9 Å². The highest BCUT2D eigenvalue weighted by Crippen LogP contribution is 2.33. The lowest BCUT2D eigenvalue weighted by atomic mass is 10.2. The second-order valence-electron chi connectivity index (χ2n) is 3.16. The molecule has 0 spiro atoms. The molecule has 1 aromatic carbocycles. The molecule has 0 unspecified atom stereocenters. The van der Waals surface area contributed by atoms with Crippen LogP contribution >= 0.6 is 0 Å². The number of hydrogen-bond donors (Lipinski definition) is 0. The van der Waals surface area contributed by atoms with Gasteiger partial charge in [-0.3, -0.25) is 0 Å². The zero-order chi connectivity index (χ0) is 11.8. The van der Waals surface area contributed by atoms with Crippen LogP contribution < -0.4 is 4.74 Å². The van der Waals surface area contributed by atoms with E-state index in [-0.39, 0.29) is 11.3 Å². The molecule has 2 nitrogen and oxygen atoms in total. The van der Waals surface area contributed by atoms with Crippen LogP contribution in [0.4, 0.5) is 13.2 Å². The lowest BCUT2D eigenvalue weighted by molar-refractivity contribution is -0.141. The van der Waals surface area contributed by atoms with Gasteiger partial charge in [0.25, 0.3) is 0 Å². The van der Waals surface area contributed by atoms with Crippen LogP contribution in [0, 0.1) is 7.11 Å². The van der Waals surface area contributed by atoms with E-state index in [0.717, 1.165) is 6.07 Å². The molecule has 0 aliphatic rings. The van der Waals surface area contributed by atoms with E-state index in [0.29, 0.717) is 5.39 Å². The van der Waals surface area contributed by atoms with Crippen molar-refractivity contribution in [2.45, 2.75) is 6.18 Å². The second kappa shape index (κ2) is 3.66. The molecular weight excluding hydrogens is 219 g/mol. The normalized spacial score (nSPS) is 11.8. The van der Waals surface area contributed by atoms with Crippen LogP contribution in [0.5, 0.6) is 5.75 Å². The average Bonchev–Trinajstić information content (AvgIpc) is 2.26. The smallest absolute Gasteiger partial charge is 0.433 e. The van der Waals surface area contributed by atoms with Crippen molar-refractivity contribution in [1.82, 2.24) is 4.98 Å². The Hall–Kier alpha value is -1.78. The van der Waals surface area contributed by atoms with Gasteiger partial charge in [-0.2, -0.15) is 13.2 Å². The van der Waals surface area contributed by atoms with Gasteiger partial charge in [0.1, 0.15) is 18.6 Å². The zero-order valence-corrected chi connectivity index (χ0v) is 8.08. The summed E-state index contributed by atoms with van der Waals surface area (Å²) in [7, 11) is 3.13. The fourth-order valence-corrected chi connectivity index (χ4v) is 1.41. The van der Waals surface area contributed by atoms with Gasteiger partial charge in [0.05, 0.1) is 5.52 Å². The van der Waals surface area contributed by atoms with Gasteiger partial charge in [-0.25, -0.2) is 4.98 Å². The number of fused-ring (bicyclic) bond motifs is 1. The number of benzene rings is 1. The molecule has 2 aromatic rings. The average molecular weight is 226 g/mol. The number of ether oxygens (including phenoxy) is 1. The van der Waals surface area contributed by atoms with Crippen molar-refractivity contribution in [3.8, 4) is 5.75 Å². The first-order valence-corrected chi connectivity index (χ1v) is 4.41. The van der Waals surface area contributed by atoms with E-state index in [2.05, 4.69) is 16.8 Å². The van der Waals surface area contributed by atoms with E-state index >= 15 is 0 Å². The lowest BCUT2D eigenvalue weighted by Crippen LogP contribution is -2.08. The Balaban J connectivity index is 2.73. The highest BCUT2D eigenvalue weighted by Gasteiger charge is 2.33. The predicted octanol–water partition coefficient (Wildman–Crippen LogP) is 3.42. The van der Waals surface area contributed by atoms with Crippen LogP contribution in [-0.2, 0) is 6.18 Å². The summed E-state index contributed by atoms with van der Waals surface area (Å²) in [5.74, 6) is 0.0675. The summed E-state index contributed by atoms with van der Waals surface area (Å²) in [5, 5.41) is 0.505. The number of rotatable bonds is 1. The van der Waals surface area contributed by atoms with Crippen LogP contribution in [-0.4, -0.2) is 4.98 Å². The molecule has 5 heteroatoms. The Bertz CT molecular complexity index is 522. The second-order valence-corrected chi connectivity index (χ2v) is 3.16. The molecule has 83 valence electrons. The molecule has 1 radical (unpaired) electrons. The van der Waals surface area contributed by atoms with Crippen LogP contribution in [0.2, 0.25) is 0 Å². The molecule has 0 amide bonds. The molecule has 2 rings (SSSR count). The van der Waals surface area contributed by atoms with E-state index in [9.17, 15) is 13.2 Å². The number of para-hydroxylation sites is 1. The number of alkyl halides is 3. The Kier molecular flexibility index (Phi) is 2.46. The highest BCUT2D eigenvalue weighted by molar-refractivity contribution is 5.85. The van der Waals surface area contributed by atoms with Crippen LogP contribution in [0.1, 0.15) is 5.69 Å². The van der Waals surface area contributed by atoms with Crippen molar-refractivity contribution < 1.29 is 17.9 Å². The summed E-state index contributed by atoms with van der Waals surface area (Å²) >= 11 is 0. The fourth-order valence-electron chi connectivity index (χ4n) is 1.41. The quantitative estimate of drug-likeness (QED) is 0.743. The maximum absolute atomic E-state index is 12.5. The molecule has 16 heavy (non-hydrogen) atoms. The minimum absolute atomic E-state index is 0.0675. The molecule has 0 fully saturated rings. The van der Waals surface area contributed by atoms with Gasteiger partial charge >= 0.3 is 6.18 Å². The van der Waals surface area contributed by atoms with E-state index in [4.69, 9.17) is 0 Å². The molecule has 1 heterocycles. The van der Waals surface area contributed by atoms with Gasteiger partial charge in [-0.15, -0.1) is 0 Å². The number of nitrogens with zero attached hydrogens (tertiary/aromatic N) is 1. The number of pyridine rings is 1. The third-order valence-corrected chi connectivity index (χ3v) is 2.12. The van der Waals surface area contributed by atoms with Gasteiger partial charge in [0.2, 0.25) is 0 Å². The monoisotopic (exact) mass is 226 g/mol. The van der Waals surface area contributed by atoms with E-state index in [1.807, 2.05) is 0 Å². The summed E-state index contributed by atoms with van der Waals surface area (Å²) in [5.41, 5.74) is -0.749. The number of halogens is 3. The maximum Gasteiger partial charge on any atom is 0.433 e. The van der Waals surface area contributed by atoms with Crippen molar-refractivity contribution in [3.05, 3.63) is 43.1 Å². The molecular formula is C11H7F3NO. The topological polar surface area (TPSA) is 22.1 Å². The Morgan fingerprint density at radius 2 is 1.88 bits per heavy atom. The molecule has 1 aromatic heterocycles. The summed E-state index contributed by atoms with van der Waals surface area (Å²) < 4.78 is 42.2. The first-order valence-electron chi connectivity index (χ1n) is 4.41. The van der Waals surface area contributed by atoms with Gasteiger partial charge in [-0.05, 0) is 12.1 Å². The van der Waals surface area contributed by atoms with Crippen LogP contribution in [0.15, 0.2) is 30.3 Å². The third-order valence-electron chi connectivity index (χ3n) is 2.12. The number of hydrogen-bond acceptors (Lipinski definition) is 2. The minimum atomic E-state index is -4.49. The van der Waals surface area contributed by atoms with E-state index in [1.165, 1.54) is 6.07 Å². The lowest BCUT2D eigenvalue weighted by Gasteiger charge is -2.10. The minimum Gasteiger partial charge on any atom is -0.489 e. The Morgan fingerprint density at radius 1 is 1.19 bits per heavy atom. The van der Waals surface area contributed by atoms with Gasteiger partial charge in [0.15, 0.2) is 0 Å². The van der Waals surface area contributed by atoms with E-state index in [1.54, 1.807) is 18.2 Å². The molecule has 0 aliphatic heterocycles. The molecule has 0 saturated heterocycles. The van der Waals surface area contributed by atoms with Gasteiger partial charge in [0, 0.05) is 11.5 Å². The first-order chi connectivity index (χ1) is 7.52. The molecule has 0 bridgehead atoms. The first kappa shape index (κ1) is 10.7. The van der Waals surface area contributed by atoms with Crippen LogP contribution in [0.3, 0.4) is 0 Å². The standard InChI is InChI=1S/C11H7F3NO/c1-16-9-6-10(11(12,13)14)15-8-5-3-2-4-7(8)9/h2-6H,1H2. The van der Waals surface area contributed by atoms with Crippen molar-refractivity contribution in [2.75, 3.05) is 0 Å². The Labute approximate surface area is 89.7 Å². The summed E-state index contributed by atoms with van der Waals surface area (Å²) in [6.45, 7) is 0. The van der Waals surface area contributed by atoms with Gasteiger partial charge in [-0.1, -0.05) is 12.1 Å². The zero-order valence-electron chi connectivity index (χ0n) is 8.08. The summed E-state index contributed by atoms with van der Waals surface area (Å²) in [6, 6.07) is 7.27. The SMILES string of the molecule is [CH2]Oc1cc(C(F)(F)F)nc2ccccc12. The largest absolute Gasteiger partial charge is 0.489 e. The number of aromatic nitrogens is 1. The Morgan fingerprint density at radius 3 is 2.50 bits per heavy atom. The predicted molar refractivity (Wildman–Crippen MR) is 52.7 cm³/mol. The summed E-state index contributed by atoms with van der Waals surface area (Å²) in [4.78, 5) is 3.52. The van der Waals surface area contributed by atoms with Crippen molar-refractivity contribution in [3.63, 3.8) is 0 Å². The maximum atomic E-state index is 12.5. The van der Waals surface area contributed by atoms with Gasteiger partial charge < -0.3 is 4.74 Å². The fraction of sp³-hybridized carbons (Fsp3) is 0.0909. The molecule has 0 atom stereocenters. The third kappa shape index (κ3) is 1.80. The highest BCUT2D eigenvalue weighted by atomic mass is 19.4. The van der Waals surface area contributed by atoms with Crippen molar-refractivity contribution >= 4 is 10.9 Å². The van der Waals surface area contributed by atoms with Crippen LogP contribution in [0.25, 0.3) is 10.9 Å². The van der Waals surface area contributed by atoms with Crippen molar-refractivity contribution in [2.24, 2.45) is 0 Å².